The number of nitrogens with zero attached hydrogens (tertiary/aromatic N) is 2. The molecule has 1 aliphatic heterocycles. The molecule has 0 spiro atoms. The van der Waals surface area contributed by atoms with Gasteiger partial charge in [0, 0.05) is 18.8 Å². The minimum atomic E-state index is 0. The lowest BCUT2D eigenvalue weighted by Gasteiger charge is -2.12. The van der Waals surface area contributed by atoms with Crippen molar-refractivity contribution in [3.05, 3.63) is 40.7 Å². The summed E-state index contributed by atoms with van der Waals surface area (Å²) >= 11 is 1.79. The van der Waals surface area contributed by atoms with Crippen LogP contribution in [0.2, 0.25) is 0 Å². The van der Waals surface area contributed by atoms with Crippen LogP contribution in [0.1, 0.15) is 25.0 Å². The van der Waals surface area contributed by atoms with Crippen molar-refractivity contribution < 1.29 is 0 Å². The number of rotatable bonds is 3. The second-order valence-electron chi connectivity index (χ2n) is 5.46. The molecule has 0 unspecified atom stereocenters. The lowest BCUT2D eigenvalue weighted by molar-refractivity contribution is 1.05. The maximum Gasteiger partial charge on any atom is 0.0813 e. The molecule has 5 heteroatoms. The third kappa shape index (κ3) is 3.48. The van der Waals surface area contributed by atoms with E-state index < -0.39 is 0 Å². The van der Waals surface area contributed by atoms with Crippen LogP contribution in [0, 0.1) is 13.8 Å². The van der Waals surface area contributed by atoms with Crippen LogP contribution in [-0.2, 0) is 0 Å². The average molecular weight is 348 g/mol. The highest BCUT2D eigenvalue weighted by molar-refractivity contribution is 7.21. The third-order valence-corrected chi connectivity index (χ3v) is 4.83. The number of benzene rings is 2. The minimum absolute atomic E-state index is 0. The van der Waals surface area contributed by atoms with Crippen LogP contribution in [0.4, 0.5) is 5.69 Å². The van der Waals surface area contributed by atoms with Crippen molar-refractivity contribution in [2.24, 2.45) is 4.99 Å². The van der Waals surface area contributed by atoms with E-state index in [1.54, 1.807) is 11.3 Å². The van der Waals surface area contributed by atoms with Gasteiger partial charge < -0.3 is 5.32 Å². The van der Waals surface area contributed by atoms with Crippen molar-refractivity contribution in [3.8, 4) is 10.6 Å². The molecule has 122 valence electrons. The van der Waals surface area contributed by atoms with Crippen LogP contribution in [0.25, 0.3) is 20.8 Å². The van der Waals surface area contributed by atoms with Gasteiger partial charge in [-0.3, -0.25) is 4.99 Å². The van der Waals surface area contributed by atoms with Gasteiger partial charge >= 0.3 is 0 Å². The van der Waals surface area contributed by atoms with Crippen LogP contribution >= 0.6 is 23.7 Å². The molecular formula is C18H22ClN3S. The molecule has 1 aliphatic carbocycles. The Hall–Kier alpha value is -1.65. The lowest BCUT2D eigenvalue weighted by Crippen LogP contribution is -2.08. The zero-order valence-electron chi connectivity index (χ0n) is 13.9. The normalized spacial score (nSPS) is 11.7. The topological polar surface area (TPSA) is 37.3 Å². The number of anilines is 1. The number of nitrogens with one attached hydrogen (secondary N) is 1. The summed E-state index contributed by atoms with van der Waals surface area (Å²) in [4.78, 5) is 10.6. The Balaban J connectivity index is 0.00000192. The Morgan fingerprint density at radius 1 is 1.09 bits per heavy atom. The number of fused-ring (bicyclic) bond motifs is 2. The molecule has 0 radical (unpaired) electrons. The van der Waals surface area contributed by atoms with Gasteiger partial charge in [-0.05, 0) is 63.1 Å². The van der Waals surface area contributed by atoms with Crippen molar-refractivity contribution in [2.45, 2.75) is 27.7 Å². The molecule has 1 aromatic rings. The Morgan fingerprint density at radius 3 is 2.57 bits per heavy atom. The van der Waals surface area contributed by atoms with Gasteiger partial charge in [-0.15, -0.1) is 23.7 Å². The van der Waals surface area contributed by atoms with Crippen LogP contribution < -0.4 is 10.7 Å². The monoisotopic (exact) mass is 347 g/mol. The summed E-state index contributed by atoms with van der Waals surface area (Å²) in [5, 5.41) is 4.49. The van der Waals surface area contributed by atoms with Gasteiger partial charge in [0.25, 0.3) is 0 Å². The smallest absolute Gasteiger partial charge is 0.0813 e. The van der Waals surface area contributed by atoms with Gasteiger partial charge in [-0.2, -0.15) is 0 Å². The largest absolute Gasteiger partial charge is 0.385 e. The molecule has 2 aliphatic rings. The fourth-order valence-electron chi connectivity index (χ4n) is 2.64. The van der Waals surface area contributed by atoms with E-state index in [1.807, 2.05) is 0 Å². The quantitative estimate of drug-likeness (QED) is 0.691. The van der Waals surface area contributed by atoms with Crippen LogP contribution in [-0.4, -0.2) is 18.1 Å². The molecule has 0 aromatic heterocycles. The molecular weight excluding hydrogens is 326 g/mol. The fraction of sp³-hybridized carbons (Fsp3) is 0.333. The highest BCUT2D eigenvalue weighted by atomic mass is 35.5. The maximum absolute atomic E-state index is 4.84. The number of hydrogen-bond acceptors (Lipinski definition) is 4. The Bertz CT molecular complexity index is 870. The van der Waals surface area contributed by atoms with E-state index in [9.17, 15) is 0 Å². The molecule has 0 amide bonds. The van der Waals surface area contributed by atoms with Gasteiger partial charge in [0.2, 0.25) is 0 Å². The van der Waals surface area contributed by atoms with E-state index in [-0.39, 0.29) is 12.4 Å². The van der Waals surface area contributed by atoms with E-state index in [2.05, 4.69) is 62.3 Å². The van der Waals surface area contributed by atoms with E-state index in [0.717, 1.165) is 29.7 Å². The predicted molar refractivity (Wildman–Crippen MR) is 103 cm³/mol. The molecule has 23 heavy (non-hydrogen) atoms. The summed E-state index contributed by atoms with van der Waals surface area (Å²) in [6.45, 7) is 10.1. The molecule has 0 saturated carbocycles. The lowest BCUT2D eigenvalue weighted by atomic mass is 10.1. The van der Waals surface area contributed by atoms with Crippen LogP contribution in [0.5, 0.6) is 0 Å². The molecule has 0 saturated heterocycles. The SMILES string of the molecule is CCN=c1cc2sc3cc(NCC)c(C)cc3nc-2cc1C.Cl. The zero-order valence-corrected chi connectivity index (χ0v) is 15.6. The third-order valence-electron chi connectivity index (χ3n) is 3.74. The standard InChI is InChI=1S/C18H21N3S.ClH/c1-5-19-13-9-17-15(7-11(13)3)21-16-8-12(4)14(20-6-2)10-18(16)22-17;/h7-10,19H,5-6H2,1-4H3;1H. The summed E-state index contributed by atoms with van der Waals surface area (Å²) in [5.74, 6) is 0. The number of aromatic nitrogens is 1. The van der Waals surface area contributed by atoms with E-state index in [4.69, 9.17) is 4.98 Å². The van der Waals surface area contributed by atoms with Crippen LogP contribution in [0.15, 0.2) is 29.3 Å². The van der Waals surface area contributed by atoms with Gasteiger partial charge in [-0.1, -0.05) is 0 Å². The van der Waals surface area contributed by atoms with Crippen molar-refractivity contribution in [1.82, 2.24) is 4.98 Å². The van der Waals surface area contributed by atoms with Gasteiger partial charge in [0.15, 0.2) is 0 Å². The minimum Gasteiger partial charge on any atom is -0.385 e. The number of hydrogen-bond donors (Lipinski definition) is 1. The first kappa shape index (κ1) is 17.7. The molecule has 1 aromatic carbocycles. The van der Waals surface area contributed by atoms with Gasteiger partial charge in [0.1, 0.15) is 0 Å². The maximum atomic E-state index is 4.84. The number of halogens is 1. The molecule has 3 rings (SSSR count). The first-order chi connectivity index (χ1) is 10.6. The first-order valence-corrected chi connectivity index (χ1v) is 8.54. The van der Waals surface area contributed by atoms with E-state index >= 15 is 0 Å². The fourth-order valence-corrected chi connectivity index (χ4v) is 3.65. The Morgan fingerprint density at radius 2 is 1.87 bits per heavy atom. The summed E-state index contributed by atoms with van der Waals surface area (Å²) in [6, 6.07) is 8.69. The first-order valence-electron chi connectivity index (χ1n) is 7.72. The summed E-state index contributed by atoms with van der Waals surface area (Å²) in [7, 11) is 0. The molecule has 3 nitrogen and oxygen atoms in total. The second-order valence-corrected chi connectivity index (χ2v) is 6.54. The number of aryl methyl sites for hydroxylation is 2. The predicted octanol–water partition coefficient (Wildman–Crippen LogP) is 4.79. The summed E-state index contributed by atoms with van der Waals surface area (Å²) in [6.07, 6.45) is 0. The second kappa shape index (κ2) is 7.28. The van der Waals surface area contributed by atoms with Gasteiger partial charge in [-0.25, -0.2) is 4.98 Å². The molecule has 0 bridgehead atoms. The van der Waals surface area contributed by atoms with E-state index in [0.29, 0.717) is 0 Å². The Labute approximate surface area is 147 Å². The summed E-state index contributed by atoms with van der Waals surface area (Å²) < 4.78 is 1.21. The molecule has 0 fully saturated rings. The highest BCUT2D eigenvalue weighted by Crippen LogP contribution is 2.33. The van der Waals surface area contributed by atoms with Crippen molar-refractivity contribution in [3.63, 3.8) is 0 Å². The average Bonchev–Trinajstić information content (AvgIpc) is 2.48. The van der Waals surface area contributed by atoms with Crippen LogP contribution in [0.3, 0.4) is 0 Å². The molecule has 1 N–H and O–H groups in total. The summed E-state index contributed by atoms with van der Waals surface area (Å²) in [5.41, 5.74) is 5.74. The Kier molecular flexibility index (Phi) is 5.60. The van der Waals surface area contributed by atoms with E-state index in [1.165, 1.54) is 26.4 Å². The van der Waals surface area contributed by atoms with Gasteiger partial charge in [0.05, 0.1) is 26.1 Å². The molecule has 0 atom stereocenters. The zero-order chi connectivity index (χ0) is 15.7. The van der Waals surface area contributed by atoms with Crippen molar-refractivity contribution >= 4 is 39.6 Å². The van der Waals surface area contributed by atoms with Crippen molar-refractivity contribution in [2.75, 3.05) is 18.4 Å². The molecule has 1 heterocycles. The highest BCUT2D eigenvalue weighted by Gasteiger charge is 2.10. The van der Waals surface area contributed by atoms with Crippen molar-refractivity contribution in [1.29, 1.82) is 0 Å².